The average Bonchev–Trinajstić information content (AvgIpc) is 2.93. The third kappa shape index (κ3) is 5.66. The summed E-state index contributed by atoms with van der Waals surface area (Å²) in [5.74, 6) is -1.16. The van der Waals surface area contributed by atoms with E-state index in [1.165, 1.54) is 11.8 Å². The van der Waals surface area contributed by atoms with Crippen LogP contribution in [0.1, 0.15) is 21.2 Å². The first-order valence-corrected chi connectivity index (χ1v) is 12.8. The molecule has 1 atom stereocenters. The van der Waals surface area contributed by atoms with Crippen LogP contribution in [0, 0.1) is 0 Å². The minimum Gasteiger partial charge on any atom is -0.478 e. The van der Waals surface area contributed by atoms with E-state index in [1.54, 1.807) is 48.5 Å². The molecule has 1 unspecified atom stereocenters. The van der Waals surface area contributed by atoms with Gasteiger partial charge in [-0.2, -0.15) is 0 Å². The number of anilines is 1. The summed E-state index contributed by atoms with van der Waals surface area (Å²) in [7, 11) is 0. The van der Waals surface area contributed by atoms with E-state index < -0.39 is 11.2 Å². The largest absolute Gasteiger partial charge is 0.478 e. The number of benzene rings is 4. The summed E-state index contributed by atoms with van der Waals surface area (Å²) >= 11 is 7.47. The summed E-state index contributed by atoms with van der Waals surface area (Å²) in [6.07, 6.45) is 0. The number of hydrogen-bond donors (Lipinski definition) is 2. The molecule has 1 heterocycles. The van der Waals surface area contributed by atoms with E-state index in [9.17, 15) is 14.7 Å². The number of pyridine rings is 1. The molecule has 182 valence electrons. The number of rotatable bonds is 7. The standard InChI is InChI=1S/C30H21ClN2O3S/c31-21-12-16-23(17-13-21)37-28(20-6-2-1-3-7-20)29(34)32-22-14-10-19(11-15-22)27-18-25(30(35)36)24-8-4-5-9-26(24)33-27/h1-18,28H,(H,32,34)(H,35,36). The smallest absolute Gasteiger partial charge is 0.336 e. The topological polar surface area (TPSA) is 79.3 Å². The fourth-order valence-corrected chi connectivity index (χ4v) is 5.13. The molecule has 0 saturated carbocycles. The molecule has 5 nitrogen and oxygen atoms in total. The molecule has 0 aliphatic heterocycles. The molecule has 1 amide bonds. The Labute approximate surface area is 223 Å². The lowest BCUT2D eigenvalue weighted by Gasteiger charge is -2.17. The molecule has 37 heavy (non-hydrogen) atoms. The highest BCUT2D eigenvalue weighted by Crippen LogP contribution is 2.37. The normalized spacial score (nSPS) is 11.7. The van der Waals surface area contributed by atoms with Crippen LogP contribution in [0.3, 0.4) is 0 Å². The fraction of sp³-hybridized carbons (Fsp3) is 0.0333. The van der Waals surface area contributed by atoms with Crippen molar-refractivity contribution in [3.8, 4) is 11.3 Å². The van der Waals surface area contributed by atoms with Crippen molar-refractivity contribution in [2.24, 2.45) is 0 Å². The van der Waals surface area contributed by atoms with Gasteiger partial charge in [0.2, 0.25) is 5.91 Å². The van der Waals surface area contributed by atoms with Crippen LogP contribution < -0.4 is 5.32 Å². The summed E-state index contributed by atoms with van der Waals surface area (Å²) in [6, 6.07) is 33.0. The predicted molar refractivity (Wildman–Crippen MR) is 149 cm³/mol. The molecule has 0 aliphatic carbocycles. The van der Waals surface area contributed by atoms with E-state index in [1.807, 2.05) is 60.7 Å². The predicted octanol–water partition coefficient (Wildman–Crippen LogP) is 7.73. The van der Waals surface area contributed by atoms with Gasteiger partial charge in [-0.15, -0.1) is 11.8 Å². The van der Waals surface area contributed by atoms with Crippen LogP contribution in [0.4, 0.5) is 5.69 Å². The number of hydrogen-bond acceptors (Lipinski definition) is 4. The van der Waals surface area contributed by atoms with Gasteiger partial charge in [-0.3, -0.25) is 4.79 Å². The van der Waals surface area contributed by atoms with Crippen molar-refractivity contribution in [3.63, 3.8) is 0 Å². The van der Waals surface area contributed by atoms with E-state index in [4.69, 9.17) is 11.6 Å². The number of carbonyl (C=O) groups excluding carboxylic acids is 1. The summed E-state index contributed by atoms with van der Waals surface area (Å²) < 4.78 is 0. The molecule has 0 radical (unpaired) electrons. The molecular formula is C30H21ClN2O3S. The van der Waals surface area contributed by atoms with Gasteiger partial charge in [0.1, 0.15) is 5.25 Å². The highest BCUT2D eigenvalue weighted by atomic mass is 35.5. The molecule has 5 aromatic rings. The zero-order valence-electron chi connectivity index (χ0n) is 19.5. The van der Waals surface area contributed by atoms with Crippen LogP contribution in [0.2, 0.25) is 5.02 Å². The lowest BCUT2D eigenvalue weighted by atomic mass is 10.0. The maximum absolute atomic E-state index is 13.4. The van der Waals surface area contributed by atoms with Crippen LogP contribution >= 0.6 is 23.4 Å². The van der Waals surface area contributed by atoms with Crippen molar-refractivity contribution in [2.45, 2.75) is 10.1 Å². The van der Waals surface area contributed by atoms with Crippen LogP contribution in [0.5, 0.6) is 0 Å². The summed E-state index contributed by atoms with van der Waals surface area (Å²) in [4.78, 5) is 30.8. The molecule has 0 spiro atoms. The first-order chi connectivity index (χ1) is 18.0. The van der Waals surface area contributed by atoms with Crippen molar-refractivity contribution in [3.05, 3.63) is 125 Å². The Kier molecular flexibility index (Phi) is 7.21. The van der Waals surface area contributed by atoms with Crippen molar-refractivity contribution in [1.82, 2.24) is 4.98 Å². The molecule has 0 saturated heterocycles. The first kappa shape index (κ1) is 24.6. The number of fused-ring (bicyclic) bond motifs is 1. The molecule has 0 bridgehead atoms. The second-order valence-electron chi connectivity index (χ2n) is 8.31. The van der Waals surface area contributed by atoms with Crippen molar-refractivity contribution >= 4 is 51.8 Å². The Morgan fingerprint density at radius 1 is 0.838 bits per heavy atom. The first-order valence-electron chi connectivity index (χ1n) is 11.5. The minimum absolute atomic E-state index is 0.157. The third-order valence-corrected chi connectivity index (χ3v) is 7.32. The molecule has 4 aromatic carbocycles. The third-order valence-electron chi connectivity index (χ3n) is 5.80. The van der Waals surface area contributed by atoms with E-state index in [2.05, 4.69) is 10.3 Å². The average molecular weight is 525 g/mol. The Morgan fingerprint density at radius 2 is 1.51 bits per heavy atom. The van der Waals surface area contributed by atoms with Crippen LogP contribution in [0.25, 0.3) is 22.2 Å². The second-order valence-corrected chi connectivity index (χ2v) is 9.92. The Bertz CT molecular complexity index is 1570. The van der Waals surface area contributed by atoms with Crippen molar-refractivity contribution < 1.29 is 14.7 Å². The number of thioether (sulfide) groups is 1. The molecule has 1 aromatic heterocycles. The molecule has 0 aliphatic rings. The molecular weight excluding hydrogens is 504 g/mol. The Morgan fingerprint density at radius 3 is 2.22 bits per heavy atom. The monoisotopic (exact) mass is 524 g/mol. The van der Waals surface area contributed by atoms with E-state index in [0.717, 1.165) is 16.0 Å². The lowest BCUT2D eigenvalue weighted by molar-refractivity contribution is -0.115. The zero-order chi connectivity index (χ0) is 25.8. The summed E-state index contributed by atoms with van der Waals surface area (Å²) in [5, 5.41) is 13.4. The lowest BCUT2D eigenvalue weighted by Crippen LogP contribution is -2.19. The number of carboxylic acid groups (broad SMARTS) is 1. The van der Waals surface area contributed by atoms with Gasteiger partial charge in [0.25, 0.3) is 0 Å². The number of para-hydroxylation sites is 1. The van der Waals surface area contributed by atoms with Gasteiger partial charge >= 0.3 is 5.97 Å². The minimum atomic E-state index is -1.01. The second kappa shape index (κ2) is 10.9. The maximum atomic E-state index is 13.4. The summed E-state index contributed by atoms with van der Waals surface area (Å²) in [5.41, 5.74) is 3.63. The van der Waals surface area contributed by atoms with E-state index in [-0.39, 0.29) is 11.5 Å². The van der Waals surface area contributed by atoms with E-state index in [0.29, 0.717) is 27.3 Å². The van der Waals surface area contributed by atoms with Crippen LogP contribution in [0.15, 0.2) is 114 Å². The van der Waals surface area contributed by atoms with Gasteiger partial charge < -0.3 is 10.4 Å². The van der Waals surface area contributed by atoms with E-state index >= 15 is 0 Å². The number of nitrogens with zero attached hydrogens (tertiary/aromatic N) is 1. The van der Waals surface area contributed by atoms with Gasteiger partial charge in [-0.1, -0.05) is 72.3 Å². The SMILES string of the molecule is O=C(O)c1cc(-c2ccc(NC(=O)C(Sc3ccc(Cl)cc3)c3ccccc3)cc2)nc2ccccc12. The van der Waals surface area contributed by atoms with Crippen molar-refractivity contribution in [2.75, 3.05) is 5.32 Å². The zero-order valence-corrected chi connectivity index (χ0v) is 21.0. The highest BCUT2D eigenvalue weighted by molar-refractivity contribution is 8.00. The highest BCUT2D eigenvalue weighted by Gasteiger charge is 2.22. The number of aromatic nitrogens is 1. The van der Waals surface area contributed by atoms with Crippen LogP contribution in [-0.4, -0.2) is 22.0 Å². The van der Waals surface area contributed by atoms with Gasteiger partial charge in [0, 0.05) is 26.6 Å². The molecule has 7 heteroatoms. The quantitative estimate of drug-likeness (QED) is 0.213. The summed E-state index contributed by atoms with van der Waals surface area (Å²) in [6.45, 7) is 0. The number of nitrogens with one attached hydrogen (secondary N) is 1. The van der Waals surface area contributed by atoms with Gasteiger partial charge in [0.15, 0.2) is 0 Å². The molecule has 5 rings (SSSR count). The number of carbonyl (C=O) groups is 2. The number of aromatic carboxylic acids is 1. The number of amides is 1. The fourth-order valence-electron chi connectivity index (χ4n) is 3.98. The van der Waals surface area contributed by atoms with Crippen molar-refractivity contribution in [1.29, 1.82) is 0 Å². The maximum Gasteiger partial charge on any atom is 0.336 e. The van der Waals surface area contributed by atoms with Gasteiger partial charge in [-0.05, 0) is 54.1 Å². The molecule has 2 N–H and O–H groups in total. The Balaban J connectivity index is 1.39. The number of carboxylic acids is 1. The van der Waals surface area contributed by atoms with Gasteiger partial charge in [-0.25, -0.2) is 9.78 Å². The van der Waals surface area contributed by atoms with Gasteiger partial charge in [0.05, 0.1) is 16.8 Å². The number of halogens is 1. The molecule has 0 fully saturated rings. The van der Waals surface area contributed by atoms with Crippen LogP contribution in [-0.2, 0) is 4.79 Å². The Hall–Kier alpha value is -4.13.